The van der Waals surface area contributed by atoms with E-state index < -0.39 is 0 Å². The number of amides is 1. The Morgan fingerprint density at radius 3 is 2.71 bits per heavy atom. The quantitative estimate of drug-likeness (QED) is 0.695. The summed E-state index contributed by atoms with van der Waals surface area (Å²) < 4.78 is 0. The molecule has 1 aromatic carbocycles. The van der Waals surface area contributed by atoms with Crippen LogP contribution in [0.4, 0.5) is 11.4 Å². The first-order chi connectivity index (χ1) is 8.11. The summed E-state index contributed by atoms with van der Waals surface area (Å²) in [6.07, 6.45) is 2.59. The summed E-state index contributed by atoms with van der Waals surface area (Å²) in [5.74, 6) is 0.659. The van der Waals surface area contributed by atoms with Crippen LogP contribution in [0.25, 0.3) is 0 Å². The van der Waals surface area contributed by atoms with Crippen molar-refractivity contribution >= 4 is 17.3 Å². The molecule has 1 amide bonds. The van der Waals surface area contributed by atoms with Crippen molar-refractivity contribution in [3.05, 3.63) is 23.8 Å². The molecule has 0 spiro atoms. The van der Waals surface area contributed by atoms with Gasteiger partial charge in [-0.2, -0.15) is 0 Å². The molecule has 0 saturated heterocycles. The van der Waals surface area contributed by atoms with Crippen molar-refractivity contribution in [2.45, 2.75) is 25.8 Å². The Kier molecular flexibility index (Phi) is 3.22. The molecule has 1 unspecified atom stereocenters. The number of nitrogens with one attached hydrogen (secondary N) is 2. The molecule has 4 nitrogen and oxygen atoms in total. The van der Waals surface area contributed by atoms with Crippen LogP contribution in [0.3, 0.4) is 0 Å². The number of carbonyl (C=O) groups excluding carboxylic acids is 1. The summed E-state index contributed by atoms with van der Waals surface area (Å²) >= 11 is 0. The second-order valence-corrected chi connectivity index (χ2v) is 4.65. The van der Waals surface area contributed by atoms with E-state index in [9.17, 15) is 4.79 Å². The van der Waals surface area contributed by atoms with E-state index >= 15 is 0 Å². The number of hydrogen-bond donors (Lipinski definition) is 3. The van der Waals surface area contributed by atoms with Gasteiger partial charge in [0.05, 0.1) is 11.4 Å². The lowest BCUT2D eigenvalue weighted by Crippen LogP contribution is -2.20. The van der Waals surface area contributed by atoms with E-state index in [1.54, 1.807) is 19.2 Å². The largest absolute Gasteiger partial charge is 0.397 e. The van der Waals surface area contributed by atoms with E-state index in [2.05, 4.69) is 17.6 Å². The Morgan fingerprint density at radius 1 is 1.47 bits per heavy atom. The lowest BCUT2D eigenvalue weighted by atomic mass is 10.1. The molecule has 1 atom stereocenters. The third-order valence-electron chi connectivity index (χ3n) is 3.25. The van der Waals surface area contributed by atoms with Crippen LogP contribution in [0.15, 0.2) is 18.2 Å². The highest BCUT2D eigenvalue weighted by Gasteiger charge is 2.28. The standard InChI is InChI=1S/C13H19N3O/c1-8(9-3-4-9)16-12-6-5-10(7-11(12)14)13(17)15-2/h5-9,16H,3-4,14H2,1-2H3,(H,15,17). The summed E-state index contributed by atoms with van der Waals surface area (Å²) in [5.41, 5.74) is 8.07. The van der Waals surface area contributed by atoms with Crippen LogP contribution in [0.2, 0.25) is 0 Å². The molecule has 4 N–H and O–H groups in total. The normalized spacial score (nSPS) is 16.4. The van der Waals surface area contributed by atoms with E-state index in [-0.39, 0.29) is 5.91 Å². The molecule has 4 heteroatoms. The predicted molar refractivity (Wildman–Crippen MR) is 70.1 cm³/mol. The molecule has 1 aliphatic carbocycles. The van der Waals surface area contributed by atoms with Gasteiger partial charge in [-0.3, -0.25) is 4.79 Å². The first-order valence-electron chi connectivity index (χ1n) is 6.00. The molecular weight excluding hydrogens is 214 g/mol. The van der Waals surface area contributed by atoms with Gasteiger partial charge in [0.2, 0.25) is 0 Å². The van der Waals surface area contributed by atoms with Crippen molar-refractivity contribution in [2.24, 2.45) is 5.92 Å². The summed E-state index contributed by atoms with van der Waals surface area (Å²) in [6.45, 7) is 2.17. The van der Waals surface area contributed by atoms with Crippen molar-refractivity contribution in [3.63, 3.8) is 0 Å². The van der Waals surface area contributed by atoms with Crippen LogP contribution in [0.5, 0.6) is 0 Å². The number of nitrogens with two attached hydrogens (primary N) is 1. The van der Waals surface area contributed by atoms with Gasteiger partial charge < -0.3 is 16.4 Å². The lowest BCUT2D eigenvalue weighted by Gasteiger charge is -2.16. The Hall–Kier alpha value is -1.71. The maximum atomic E-state index is 11.4. The van der Waals surface area contributed by atoms with Crippen molar-refractivity contribution in [2.75, 3.05) is 18.1 Å². The Labute approximate surface area is 102 Å². The molecule has 2 rings (SSSR count). The molecule has 0 bridgehead atoms. The van der Waals surface area contributed by atoms with Crippen LogP contribution in [-0.4, -0.2) is 19.0 Å². The fourth-order valence-electron chi connectivity index (χ4n) is 1.94. The van der Waals surface area contributed by atoms with Crippen molar-refractivity contribution in [1.29, 1.82) is 0 Å². The zero-order chi connectivity index (χ0) is 12.4. The molecule has 17 heavy (non-hydrogen) atoms. The van der Waals surface area contributed by atoms with Crippen molar-refractivity contribution in [3.8, 4) is 0 Å². The molecule has 1 saturated carbocycles. The summed E-state index contributed by atoms with van der Waals surface area (Å²) in [7, 11) is 1.61. The molecule has 0 radical (unpaired) electrons. The number of benzene rings is 1. The zero-order valence-corrected chi connectivity index (χ0v) is 10.3. The minimum Gasteiger partial charge on any atom is -0.397 e. The zero-order valence-electron chi connectivity index (χ0n) is 10.3. The van der Waals surface area contributed by atoms with Gasteiger partial charge in [-0.05, 0) is 43.9 Å². The lowest BCUT2D eigenvalue weighted by molar-refractivity contribution is 0.0963. The summed E-state index contributed by atoms with van der Waals surface area (Å²) in [4.78, 5) is 11.4. The second kappa shape index (κ2) is 4.65. The Morgan fingerprint density at radius 2 is 2.18 bits per heavy atom. The minimum absolute atomic E-state index is 0.113. The van der Waals surface area contributed by atoms with Crippen LogP contribution < -0.4 is 16.4 Å². The second-order valence-electron chi connectivity index (χ2n) is 4.65. The SMILES string of the molecule is CNC(=O)c1ccc(NC(C)C2CC2)c(N)c1. The van der Waals surface area contributed by atoms with E-state index in [4.69, 9.17) is 5.73 Å². The number of hydrogen-bond acceptors (Lipinski definition) is 3. The van der Waals surface area contributed by atoms with Gasteiger partial charge in [0, 0.05) is 18.7 Å². The fraction of sp³-hybridized carbons (Fsp3) is 0.462. The molecule has 92 valence electrons. The average molecular weight is 233 g/mol. The third kappa shape index (κ3) is 2.70. The molecule has 1 aliphatic rings. The number of nitrogen functional groups attached to an aromatic ring is 1. The smallest absolute Gasteiger partial charge is 0.251 e. The minimum atomic E-state index is -0.113. The Bertz CT molecular complexity index is 427. The van der Waals surface area contributed by atoms with Crippen LogP contribution >= 0.6 is 0 Å². The molecule has 0 aliphatic heterocycles. The maximum Gasteiger partial charge on any atom is 0.251 e. The van der Waals surface area contributed by atoms with Gasteiger partial charge in [-0.25, -0.2) is 0 Å². The van der Waals surface area contributed by atoms with Crippen LogP contribution in [-0.2, 0) is 0 Å². The highest BCUT2D eigenvalue weighted by Crippen LogP contribution is 2.34. The van der Waals surface area contributed by atoms with E-state index in [0.717, 1.165) is 11.6 Å². The molecule has 0 heterocycles. The highest BCUT2D eigenvalue weighted by atomic mass is 16.1. The molecule has 0 aromatic heterocycles. The van der Waals surface area contributed by atoms with Gasteiger partial charge in [0.1, 0.15) is 0 Å². The van der Waals surface area contributed by atoms with Gasteiger partial charge >= 0.3 is 0 Å². The predicted octanol–water partition coefficient (Wildman–Crippen LogP) is 1.84. The van der Waals surface area contributed by atoms with Crippen molar-refractivity contribution in [1.82, 2.24) is 5.32 Å². The third-order valence-corrected chi connectivity index (χ3v) is 3.25. The summed E-state index contributed by atoms with van der Waals surface area (Å²) in [6, 6.07) is 5.82. The number of anilines is 2. The number of rotatable bonds is 4. The summed E-state index contributed by atoms with van der Waals surface area (Å²) in [5, 5.41) is 5.98. The monoisotopic (exact) mass is 233 g/mol. The van der Waals surface area contributed by atoms with Gasteiger partial charge in [-0.15, -0.1) is 0 Å². The van der Waals surface area contributed by atoms with E-state index in [1.807, 2.05) is 6.07 Å². The molecular formula is C13H19N3O. The highest BCUT2D eigenvalue weighted by molar-refractivity contribution is 5.95. The topological polar surface area (TPSA) is 67.2 Å². The molecule has 1 fully saturated rings. The van der Waals surface area contributed by atoms with Crippen LogP contribution in [0, 0.1) is 5.92 Å². The fourth-order valence-corrected chi connectivity index (χ4v) is 1.94. The first-order valence-corrected chi connectivity index (χ1v) is 6.00. The van der Waals surface area contributed by atoms with Gasteiger partial charge in [-0.1, -0.05) is 0 Å². The van der Waals surface area contributed by atoms with E-state index in [1.165, 1.54) is 12.8 Å². The van der Waals surface area contributed by atoms with Crippen LogP contribution in [0.1, 0.15) is 30.1 Å². The maximum absolute atomic E-state index is 11.4. The first kappa shape index (κ1) is 11.8. The molecule has 1 aromatic rings. The average Bonchev–Trinajstić information content (AvgIpc) is 3.14. The van der Waals surface area contributed by atoms with Gasteiger partial charge in [0.25, 0.3) is 5.91 Å². The van der Waals surface area contributed by atoms with E-state index in [0.29, 0.717) is 17.3 Å². The van der Waals surface area contributed by atoms with Gasteiger partial charge in [0.15, 0.2) is 0 Å². The Balaban J connectivity index is 2.10. The van der Waals surface area contributed by atoms with Crippen molar-refractivity contribution < 1.29 is 4.79 Å². The number of carbonyl (C=O) groups is 1.